The molecule has 0 aliphatic heterocycles. The molecule has 1 aromatic rings. The van der Waals surface area contributed by atoms with E-state index in [1.165, 1.54) is 18.4 Å². The van der Waals surface area contributed by atoms with Gasteiger partial charge in [0, 0.05) is 18.6 Å². The Hall–Kier alpha value is -1.33. The third-order valence-electron chi connectivity index (χ3n) is 3.70. The van der Waals surface area contributed by atoms with Crippen LogP contribution in [0.5, 0.6) is 0 Å². The van der Waals surface area contributed by atoms with Crippen LogP contribution in [0.3, 0.4) is 0 Å². The van der Waals surface area contributed by atoms with Crippen LogP contribution in [0, 0.1) is 17.2 Å². The summed E-state index contributed by atoms with van der Waals surface area (Å²) >= 11 is 0. The van der Waals surface area contributed by atoms with Gasteiger partial charge in [0.05, 0.1) is 12.5 Å². The summed E-state index contributed by atoms with van der Waals surface area (Å²) < 4.78 is 0. The van der Waals surface area contributed by atoms with Crippen LogP contribution in [0.1, 0.15) is 44.7 Å². The fourth-order valence-electron chi connectivity index (χ4n) is 2.48. The van der Waals surface area contributed by atoms with Gasteiger partial charge in [-0.2, -0.15) is 5.26 Å². The van der Waals surface area contributed by atoms with Crippen molar-refractivity contribution < 1.29 is 0 Å². The summed E-state index contributed by atoms with van der Waals surface area (Å²) in [6.07, 6.45) is 3.30. The summed E-state index contributed by atoms with van der Waals surface area (Å²) in [5, 5.41) is 9.10. The van der Waals surface area contributed by atoms with Gasteiger partial charge in [-0.3, -0.25) is 4.90 Å². The van der Waals surface area contributed by atoms with Gasteiger partial charge in [0.25, 0.3) is 0 Å². The quantitative estimate of drug-likeness (QED) is 0.759. The van der Waals surface area contributed by atoms with Crippen LogP contribution in [0.4, 0.5) is 0 Å². The van der Waals surface area contributed by atoms with Crippen LogP contribution >= 0.6 is 0 Å². The van der Waals surface area contributed by atoms with E-state index in [0.29, 0.717) is 12.5 Å². The lowest BCUT2D eigenvalue weighted by molar-refractivity contribution is 0.147. The summed E-state index contributed by atoms with van der Waals surface area (Å²) in [7, 11) is 0. The number of benzene rings is 1. The summed E-state index contributed by atoms with van der Waals surface area (Å²) in [5.74, 6) is 0.859. The van der Waals surface area contributed by atoms with Crippen molar-refractivity contribution in [1.29, 1.82) is 5.26 Å². The maximum atomic E-state index is 9.10. The van der Waals surface area contributed by atoms with Gasteiger partial charge in [0.15, 0.2) is 0 Å². The lowest BCUT2D eigenvalue weighted by atomic mass is 10.0. The SMILES string of the molecule is CC(C)N(CC1CC1)C(CC#N)c1ccccc1. The highest BCUT2D eigenvalue weighted by Crippen LogP contribution is 2.34. The van der Waals surface area contributed by atoms with E-state index in [9.17, 15) is 0 Å². The molecule has 1 unspecified atom stereocenters. The number of rotatable bonds is 6. The van der Waals surface area contributed by atoms with Crippen molar-refractivity contribution in [2.45, 2.75) is 45.2 Å². The fourth-order valence-corrected chi connectivity index (χ4v) is 2.48. The van der Waals surface area contributed by atoms with Crippen molar-refractivity contribution in [2.24, 2.45) is 5.92 Å². The number of nitriles is 1. The van der Waals surface area contributed by atoms with E-state index in [2.05, 4.69) is 49.1 Å². The zero-order chi connectivity index (χ0) is 13.0. The lowest BCUT2D eigenvalue weighted by Gasteiger charge is -2.34. The van der Waals surface area contributed by atoms with Crippen LogP contribution in [0.2, 0.25) is 0 Å². The second-order valence-corrected chi connectivity index (χ2v) is 5.52. The number of nitrogens with zero attached hydrogens (tertiary/aromatic N) is 2. The van der Waals surface area contributed by atoms with E-state index in [1.54, 1.807) is 0 Å². The first-order chi connectivity index (χ1) is 8.72. The van der Waals surface area contributed by atoms with Crippen molar-refractivity contribution in [3.05, 3.63) is 35.9 Å². The van der Waals surface area contributed by atoms with Crippen LogP contribution in [-0.4, -0.2) is 17.5 Å². The molecule has 0 radical (unpaired) electrons. The number of hydrogen-bond donors (Lipinski definition) is 0. The molecule has 18 heavy (non-hydrogen) atoms. The molecule has 0 N–H and O–H groups in total. The van der Waals surface area contributed by atoms with Crippen LogP contribution in [0.15, 0.2) is 30.3 Å². The average Bonchev–Trinajstić information content (AvgIpc) is 3.18. The Morgan fingerprint density at radius 1 is 1.28 bits per heavy atom. The van der Waals surface area contributed by atoms with E-state index < -0.39 is 0 Å². The van der Waals surface area contributed by atoms with Crippen LogP contribution in [-0.2, 0) is 0 Å². The van der Waals surface area contributed by atoms with Crippen molar-refractivity contribution in [1.82, 2.24) is 4.90 Å². The summed E-state index contributed by atoms with van der Waals surface area (Å²) in [4.78, 5) is 2.50. The van der Waals surface area contributed by atoms with E-state index in [4.69, 9.17) is 5.26 Å². The largest absolute Gasteiger partial charge is 0.293 e. The molecule has 0 aromatic heterocycles. The standard InChI is InChI=1S/C16H22N2/c1-13(2)18(12-14-8-9-14)16(10-11-17)15-6-4-3-5-7-15/h3-7,13-14,16H,8-10,12H2,1-2H3. The highest BCUT2D eigenvalue weighted by atomic mass is 15.2. The molecule has 0 heterocycles. The van der Waals surface area contributed by atoms with E-state index in [-0.39, 0.29) is 6.04 Å². The molecular formula is C16H22N2. The molecule has 2 rings (SSSR count). The third-order valence-corrected chi connectivity index (χ3v) is 3.70. The minimum atomic E-state index is 0.247. The zero-order valence-corrected chi connectivity index (χ0v) is 11.3. The van der Waals surface area contributed by atoms with Gasteiger partial charge in [-0.15, -0.1) is 0 Å². The van der Waals surface area contributed by atoms with Gasteiger partial charge in [-0.05, 0) is 38.2 Å². The Balaban J connectivity index is 2.18. The molecule has 1 aliphatic carbocycles. The summed E-state index contributed by atoms with van der Waals surface area (Å²) in [5.41, 5.74) is 1.27. The van der Waals surface area contributed by atoms with Gasteiger partial charge < -0.3 is 0 Å². The maximum absolute atomic E-state index is 9.10. The Bertz CT molecular complexity index is 401. The highest BCUT2D eigenvalue weighted by Gasteiger charge is 2.30. The molecule has 1 saturated carbocycles. The smallest absolute Gasteiger partial charge is 0.0641 e. The highest BCUT2D eigenvalue weighted by molar-refractivity contribution is 5.20. The number of hydrogen-bond acceptors (Lipinski definition) is 2. The molecule has 1 atom stereocenters. The summed E-state index contributed by atoms with van der Waals surface area (Å²) in [6.45, 7) is 5.60. The topological polar surface area (TPSA) is 27.0 Å². The van der Waals surface area contributed by atoms with E-state index in [0.717, 1.165) is 12.5 Å². The molecule has 1 aliphatic rings. The molecule has 0 saturated heterocycles. The second kappa shape index (κ2) is 6.02. The van der Waals surface area contributed by atoms with E-state index in [1.807, 2.05) is 6.07 Å². The molecule has 0 spiro atoms. The summed E-state index contributed by atoms with van der Waals surface area (Å²) in [6, 6.07) is 13.5. The van der Waals surface area contributed by atoms with Gasteiger partial charge in [-0.1, -0.05) is 30.3 Å². The monoisotopic (exact) mass is 242 g/mol. The molecule has 2 heteroatoms. The first-order valence-corrected chi connectivity index (χ1v) is 6.90. The average molecular weight is 242 g/mol. The first kappa shape index (κ1) is 13.1. The second-order valence-electron chi connectivity index (χ2n) is 5.52. The first-order valence-electron chi connectivity index (χ1n) is 6.90. The molecule has 1 aromatic carbocycles. The van der Waals surface area contributed by atoms with Gasteiger partial charge in [-0.25, -0.2) is 0 Å². The molecule has 1 fully saturated rings. The molecule has 0 amide bonds. The van der Waals surface area contributed by atoms with Crippen LogP contribution in [0.25, 0.3) is 0 Å². The third kappa shape index (κ3) is 3.34. The lowest BCUT2D eigenvalue weighted by Crippen LogP contribution is -2.36. The Morgan fingerprint density at radius 2 is 1.94 bits per heavy atom. The Morgan fingerprint density at radius 3 is 2.44 bits per heavy atom. The van der Waals surface area contributed by atoms with E-state index >= 15 is 0 Å². The molecular weight excluding hydrogens is 220 g/mol. The van der Waals surface area contributed by atoms with Gasteiger partial charge in [0.1, 0.15) is 0 Å². The minimum absolute atomic E-state index is 0.247. The normalized spacial score (nSPS) is 16.8. The zero-order valence-electron chi connectivity index (χ0n) is 11.3. The minimum Gasteiger partial charge on any atom is -0.293 e. The van der Waals surface area contributed by atoms with Crippen LogP contribution < -0.4 is 0 Å². The Labute approximate surface area is 110 Å². The van der Waals surface area contributed by atoms with Crippen molar-refractivity contribution in [2.75, 3.05) is 6.54 Å². The molecule has 96 valence electrons. The van der Waals surface area contributed by atoms with Gasteiger partial charge in [0.2, 0.25) is 0 Å². The predicted octanol–water partition coefficient (Wildman–Crippen LogP) is 3.76. The Kier molecular flexibility index (Phi) is 4.38. The van der Waals surface area contributed by atoms with Crippen molar-refractivity contribution in [3.63, 3.8) is 0 Å². The maximum Gasteiger partial charge on any atom is 0.0641 e. The molecule has 2 nitrogen and oxygen atoms in total. The van der Waals surface area contributed by atoms with Crippen molar-refractivity contribution in [3.8, 4) is 6.07 Å². The predicted molar refractivity (Wildman–Crippen MR) is 74.0 cm³/mol. The molecule has 0 bridgehead atoms. The fraction of sp³-hybridized carbons (Fsp3) is 0.562. The van der Waals surface area contributed by atoms with Crippen molar-refractivity contribution >= 4 is 0 Å². The van der Waals surface area contributed by atoms with Gasteiger partial charge >= 0.3 is 0 Å².